The summed E-state index contributed by atoms with van der Waals surface area (Å²) in [6.07, 6.45) is 1.99. The van der Waals surface area contributed by atoms with Crippen LogP contribution >= 0.6 is 0 Å². The van der Waals surface area contributed by atoms with E-state index < -0.39 is 18.0 Å². The second-order valence-electron chi connectivity index (χ2n) is 8.46. The number of hydrogen-bond donors (Lipinski definition) is 2. The topological polar surface area (TPSA) is 123 Å². The molecule has 1 aliphatic carbocycles. The lowest BCUT2D eigenvalue weighted by Crippen LogP contribution is -2.33. The summed E-state index contributed by atoms with van der Waals surface area (Å²) in [7, 11) is 0. The number of carbonyl (C=O) groups excluding carboxylic acids is 2. The number of fused-ring (bicyclic) bond motifs is 1. The Morgan fingerprint density at radius 3 is 2.73 bits per heavy atom. The van der Waals surface area contributed by atoms with E-state index in [4.69, 9.17) is 10.00 Å². The minimum atomic E-state index is -0.561. The molecule has 3 aliphatic rings. The van der Waals surface area contributed by atoms with Crippen LogP contribution in [0.2, 0.25) is 0 Å². The maximum atomic E-state index is 15.0. The summed E-state index contributed by atoms with van der Waals surface area (Å²) in [6, 6.07) is 6.95. The minimum absolute atomic E-state index is 0.187. The molecule has 3 fully saturated rings. The molecule has 170 valence electrons. The van der Waals surface area contributed by atoms with Crippen LogP contribution in [0.15, 0.2) is 30.6 Å². The van der Waals surface area contributed by atoms with E-state index in [0.29, 0.717) is 42.1 Å². The first-order chi connectivity index (χ1) is 15.9. The first kappa shape index (κ1) is 20.9. The number of rotatable bonds is 6. The van der Waals surface area contributed by atoms with Crippen LogP contribution in [0.1, 0.15) is 12.6 Å². The van der Waals surface area contributed by atoms with Gasteiger partial charge in [-0.1, -0.05) is 0 Å². The monoisotopic (exact) mass is 451 g/mol. The van der Waals surface area contributed by atoms with Gasteiger partial charge in [-0.25, -0.2) is 19.2 Å². The molecule has 11 heteroatoms. The third-order valence-electron chi connectivity index (χ3n) is 6.34. The van der Waals surface area contributed by atoms with E-state index >= 15 is 0 Å². The van der Waals surface area contributed by atoms with Crippen LogP contribution < -0.4 is 20.4 Å². The first-order valence-corrected chi connectivity index (χ1v) is 10.7. The van der Waals surface area contributed by atoms with Gasteiger partial charge in [0.25, 0.3) is 0 Å². The number of cyclic esters (lactones) is 1. The average molecular weight is 451 g/mol. The highest BCUT2D eigenvalue weighted by atomic mass is 19.1. The van der Waals surface area contributed by atoms with Gasteiger partial charge in [0.15, 0.2) is 11.5 Å². The molecule has 1 unspecified atom stereocenters. The van der Waals surface area contributed by atoms with Crippen molar-refractivity contribution < 1.29 is 18.7 Å². The lowest BCUT2D eigenvalue weighted by molar-refractivity contribution is -0.119. The van der Waals surface area contributed by atoms with Crippen LogP contribution in [0.3, 0.4) is 0 Å². The minimum Gasteiger partial charge on any atom is -0.442 e. The highest BCUT2D eigenvalue weighted by Crippen LogP contribution is 2.48. The maximum Gasteiger partial charge on any atom is 0.414 e. The zero-order valence-corrected chi connectivity index (χ0v) is 17.9. The van der Waals surface area contributed by atoms with Crippen molar-refractivity contribution in [2.75, 3.05) is 41.3 Å². The van der Waals surface area contributed by atoms with Crippen LogP contribution in [0.25, 0.3) is 0 Å². The van der Waals surface area contributed by atoms with Crippen LogP contribution in [-0.4, -0.2) is 60.3 Å². The van der Waals surface area contributed by atoms with E-state index in [9.17, 15) is 14.0 Å². The number of amides is 2. The quantitative estimate of drug-likeness (QED) is 0.677. The number of anilines is 3. The molecule has 10 nitrogen and oxygen atoms in total. The molecule has 2 N–H and O–H groups in total. The molecule has 2 amide bonds. The Hall–Kier alpha value is -3.94. The van der Waals surface area contributed by atoms with Crippen molar-refractivity contribution in [2.24, 2.45) is 11.8 Å². The molecular weight excluding hydrogens is 429 g/mol. The molecule has 1 saturated carbocycles. The number of nitrogens with zero attached hydrogens (tertiary/aromatic N) is 5. The Kier molecular flexibility index (Phi) is 5.20. The average Bonchev–Trinajstić information content (AvgIpc) is 3.13. The lowest BCUT2D eigenvalue weighted by atomic mass is 10.2. The standard InChI is InChI=1S/C22H22FN7O3/c1-12(31)27-8-14-9-30(22(32)33-14)13-2-3-19(17(23)6-13)29-10-15-16(11-29)20(15)28-21-18(7-24)25-4-5-26-21/h2-6,14-16,20H,8-11H2,1H3,(H,26,28)(H,27,31)/t14-,15-,16+,20?/m0/s1. The molecule has 4 atom stereocenters. The number of piperidine rings is 1. The third kappa shape index (κ3) is 4.00. The Morgan fingerprint density at radius 2 is 2.03 bits per heavy atom. The lowest BCUT2D eigenvalue weighted by Gasteiger charge is -2.24. The van der Waals surface area contributed by atoms with E-state index in [1.54, 1.807) is 18.3 Å². The Labute approximate surface area is 189 Å². The van der Waals surface area contributed by atoms with Crippen molar-refractivity contribution in [2.45, 2.75) is 19.1 Å². The molecule has 0 spiro atoms. The molecule has 3 heterocycles. The fourth-order valence-electron chi connectivity index (χ4n) is 4.64. The van der Waals surface area contributed by atoms with Gasteiger partial charge in [0.1, 0.15) is 18.0 Å². The molecule has 0 radical (unpaired) electrons. The maximum absolute atomic E-state index is 15.0. The number of nitriles is 1. The van der Waals surface area contributed by atoms with Gasteiger partial charge in [0.2, 0.25) is 5.91 Å². The third-order valence-corrected chi connectivity index (χ3v) is 6.34. The van der Waals surface area contributed by atoms with E-state index in [1.165, 1.54) is 24.1 Å². The highest BCUT2D eigenvalue weighted by molar-refractivity contribution is 5.90. The Balaban J connectivity index is 1.20. The molecule has 33 heavy (non-hydrogen) atoms. The van der Waals surface area contributed by atoms with Gasteiger partial charge in [0.05, 0.1) is 24.5 Å². The zero-order valence-electron chi connectivity index (χ0n) is 17.9. The number of aromatic nitrogens is 2. The van der Waals surface area contributed by atoms with Crippen LogP contribution in [0.5, 0.6) is 0 Å². The van der Waals surface area contributed by atoms with Crippen molar-refractivity contribution in [1.82, 2.24) is 15.3 Å². The molecule has 2 aliphatic heterocycles. The molecule has 5 rings (SSSR count). The van der Waals surface area contributed by atoms with Gasteiger partial charge < -0.3 is 20.3 Å². The molecular formula is C22H22FN7O3. The number of ether oxygens (including phenoxy) is 1. The van der Waals surface area contributed by atoms with Gasteiger partial charge in [-0.2, -0.15) is 5.26 Å². The smallest absolute Gasteiger partial charge is 0.414 e. The van der Waals surface area contributed by atoms with Gasteiger partial charge in [-0.05, 0) is 18.2 Å². The van der Waals surface area contributed by atoms with Crippen molar-refractivity contribution >= 4 is 29.2 Å². The highest BCUT2D eigenvalue weighted by Gasteiger charge is 2.56. The van der Waals surface area contributed by atoms with Gasteiger partial charge in [0, 0.05) is 50.3 Å². The van der Waals surface area contributed by atoms with Crippen LogP contribution in [0.4, 0.5) is 26.4 Å². The molecule has 0 bridgehead atoms. The predicted octanol–water partition coefficient (Wildman–Crippen LogP) is 1.50. The SMILES string of the molecule is CC(=O)NC[C@H]1CN(c2ccc(N3C[C@@H]4C(Nc5nccnc5C#N)[C@@H]4C3)c(F)c2)C(=O)O1. The second-order valence-corrected chi connectivity index (χ2v) is 8.46. The van der Waals surface area contributed by atoms with Crippen LogP contribution in [0, 0.1) is 29.0 Å². The largest absolute Gasteiger partial charge is 0.442 e. The van der Waals surface area contributed by atoms with Crippen LogP contribution in [-0.2, 0) is 9.53 Å². The van der Waals surface area contributed by atoms with Crippen molar-refractivity contribution in [3.05, 3.63) is 42.1 Å². The normalized spacial score (nSPS) is 25.3. The summed E-state index contributed by atoms with van der Waals surface area (Å²) < 4.78 is 20.2. The van der Waals surface area contributed by atoms with Gasteiger partial charge in [-0.15, -0.1) is 0 Å². The second kappa shape index (κ2) is 8.20. The van der Waals surface area contributed by atoms with Gasteiger partial charge >= 0.3 is 6.09 Å². The van der Waals surface area contributed by atoms with E-state index in [1.807, 2.05) is 11.0 Å². The summed E-state index contributed by atoms with van der Waals surface area (Å²) >= 11 is 0. The first-order valence-electron chi connectivity index (χ1n) is 10.7. The summed E-state index contributed by atoms with van der Waals surface area (Å²) in [4.78, 5) is 34.8. The molecule has 1 aromatic heterocycles. The van der Waals surface area contributed by atoms with Crippen molar-refractivity contribution in [1.29, 1.82) is 5.26 Å². The molecule has 1 aromatic carbocycles. The van der Waals surface area contributed by atoms with Gasteiger partial charge in [-0.3, -0.25) is 9.69 Å². The predicted molar refractivity (Wildman–Crippen MR) is 116 cm³/mol. The van der Waals surface area contributed by atoms with Crippen molar-refractivity contribution in [3.8, 4) is 6.07 Å². The fourth-order valence-corrected chi connectivity index (χ4v) is 4.64. The van der Waals surface area contributed by atoms with E-state index in [2.05, 4.69) is 20.6 Å². The summed E-state index contributed by atoms with van der Waals surface area (Å²) in [5.41, 5.74) is 1.17. The summed E-state index contributed by atoms with van der Waals surface area (Å²) in [5.74, 6) is 0.539. The van der Waals surface area contributed by atoms with Crippen molar-refractivity contribution in [3.63, 3.8) is 0 Å². The zero-order chi connectivity index (χ0) is 23.1. The van der Waals surface area contributed by atoms with E-state index in [0.717, 1.165) is 0 Å². The Bertz CT molecular complexity index is 1140. The number of benzene rings is 1. The summed E-state index contributed by atoms with van der Waals surface area (Å²) in [5, 5.41) is 15.1. The number of halogens is 1. The Morgan fingerprint density at radius 1 is 1.27 bits per heavy atom. The summed E-state index contributed by atoms with van der Waals surface area (Å²) in [6.45, 7) is 3.22. The molecule has 2 aromatic rings. The van der Waals surface area contributed by atoms with E-state index in [-0.39, 0.29) is 30.7 Å². The number of nitrogens with one attached hydrogen (secondary N) is 2. The number of hydrogen-bond acceptors (Lipinski definition) is 8. The molecule has 2 saturated heterocycles. The fraction of sp³-hybridized carbons (Fsp3) is 0.409. The number of carbonyl (C=O) groups is 2.